The SMILES string of the molecule is COc1c(Br)cc(Br)cc1C(=O)Nc1cc(C(=O)O)c(Cl)cc1Cl. The number of ether oxygens (including phenoxy) is 1. The maximum absolute atomic E-state index is 12.5. The molecule has 0 aromatic heterocycles. The number of aromatic carboxylic acids is 1. The van der Waals surface area contributed by atoms with Crippen LogP contribution in [0.25, 0.3) is 0 Å². The van der Waals surface area contributed by atoms with Crippen molar-refractivity contribution in [3.05, 3.63) is 54.4 Å². The number of amides is 1. The molecule has 0 saturated carbocycles. The molecule has 0 spiro atoms. The zero-order valence-corrected chi connectivity index (χ0v) is 16.7. The van der Waals surface area contributed by atoms with Gasteiger partial charge in [0.1, 0.15) is 5.75 Å². The second-order valence-corrected chi connectivity index (χ2v) is 7.12. The first-order chi connectivity index (χ1) is 11.2. The molecule has 0 radical (unpaired) electrons. The molecule has 0 fully saturated rings. The van der Waals surface area contributed by atoms with Crippen molar-refractivity contribution in [3.8, 4) is 5.75 Å². The van der Waals surface area contributed by atoms with E-state index in [9.17, 15) is 9.59 Å². The van der Waals surface area contributed by atoms with Gasteiger partial charge in [0.15, 0.2) is 0 Å². The number of anilines is 1. The van der Waals surface area contributed by atoms with Gasteiger partial charge < -0.3 is 15.2 Å². The van der Waals surface area contributed by atoms with Gasteiger partial charge in [0, 0.05) is 4.47 Å². The van der Waals surface area contributed by atoms with Crippen LogP contribution < -0.4 is 10.1 Å². The van der Waals surface area contributed by atoms with Crippen LogP contribution in [-0.2, 0) is 0 Å². The molecule has 126 valence electrons. The molecule has 0 aliphatic carbocycles. The van der Waals surface area contributed by atoms with E-state index in [0.717, 1.165) is 0 Å². The zero-order valence-electron chi connectivity index (χ0n) is 12.0. The van der Waals surface area contributed by atoms with Gasteiger partial charge in [0.05, 0.1) is 38.4 Å². The van der Waals surface area contributed by atoms with Crippen molar-refractivity contribution in [2.24, 2.45) is 0 Å². The van der Waals surface area contributed by atoms with Crippen LogP contribution in [0.4, 0.5) is 5.69 Å². The minimum Gasteiger partial charge on any atom is -0.495 e. The third-order valence-corrected chi connectivity index (χ3v) is 4.66. The summed E-state index contributed by atoms with van der Waals surface area (Å²) in [5, 5.41) is 11.8. The number of carbonyl (C=O) groups is 2. The van der Waals surface area contributed by atoms with Crippen LogP contribution in [0.5, 0.6) is 5.75 Å². The number of hydrogen-bond acceptors (Lipinski definition) is 3. The highest BCUT2D eigenvalue weighted by Crippen LogP contribution is 2.34. The van der Waals surface area contributed by atoms with Gasteiger partial charge in [-0.3, -0.25) is 4.79 Å². The van der Waals surface area contributed by atoms with Crippen LogP contribution >= 0.6 is 55.1 Å². The molecule has 2 aromatic rings. The van der Waals surface area contributed by atoms with Gasteiger partial charge in [0.25, 0.3) is 5.91 Å². The largest absolute Gasteiger partial charge is 0.495 e. The van der Waals surface area contributed by atoms with Crippen molar-refractivity contribution < 1.29 is 19.4 Å². The minimum atomic E-state index is -1.23. The second-order valence-electron chi connectivity index (χ2n) is 4.54. The molecule has 0 bridgehead atoms. The fourth-order valence-corrected chi connectivity index (χ4v) is 3.83. The third kappa shape index (κ3) is 4.03. The molecule has 0 unspecified atom stereocenters. The average Bonchev–Trinajstić information content (AvgIpc) is 2.48. The lowest BCUT2D eigenvalue weighted by atomic mass is 10.1. The Morgan fingerprint density at radius 2 is 1.75 bits per heavy atom. The monoisotopic (exact) mass is 495 g/mol. The number of nitrogens with one attached hydrogen (secondary N) is 1. The molecular formula is C15H9Br2Cl2NO4. The molecular weight excluding hydrogens is 489 g/mol. The number of carboxylic acids is 1. The first-order valence-electron chi connectivity index (χ1n) is 6.31. The highest BCUT2D eigenvalue weighted by Gasteiger charge is 2.19. The number of hydrogen-bond donors (Lipinski definition) is 2. The number of carboxylic acid groups (broad SMARTS) is 1. The maximum Gasteiger partial charge on any atom is 0.337 e. The van der Waals surface area contributed by atoms with Crippen LogP contribution in [0.3, 0.4) is 0 Å². The summed E-state index contributed by atoms with van der Waals surface area (Å²) in [5.41, 5.74) is 0.196. The molecule has 0 heterocycles. The quantitative estimate of drug-likeness (QED) is 0.586. The maximum atomic E-state index is 12.5. The van der Waals surface area contributed by atoms with Crippen molar-refractivity contribution in [1.82, 2.24) is 0 Å². The normalized spacial score (nSPS) is 10.4. The molecule has 2 aromatic carbocycles. The lowest BCUT2D eigenvalue weighted by molar-refractivity contribution is 0.0696. The van der Waals surface area contributed by atoms with E-state index in [2.05, 4.69) is 37.2 Å². The Morgan fingerprint density at radius 3 is 2.33 bits per heavy atom. The van der Waals surface area contributed by atoms with Gasteiger partial charge in [-0.2, -0.15) is 0 Å². The Kier molecular flexibility index (Phi) is 6.14. The first kappa shape index (κ1) is 19.1. The zero-order chi connectivity index (χ0) is 18.0. The highest BCUT2D eigenvalue weighted by molar-refractivity contribution is 9.11. The molecule has 0 atom stereocenters. The lowest BCUT2D eigenvalue weighted by Crippen LogP contribution is -2.14. The third-order valence-electron chi connectivity index (χ3n) is 2.99. The van der Waals surface area contributed by atoms with Gasteiger partial charge in [-0.05, 0) is 40.2 Å². The smallest absolute Gasteiger partial charge is 0.337 e. The molecule has 0 saturated heterocycles. The van der Waals surface area contributed by atoms with Crippen molar-refractivity contribution in [2.75, 3.05) is 12.4 Å². The van der Waals surface area contributed by atoms with Crippen LogP contribution in [0.2, 0.25) is 10.0 Å². The summed E-state index contributed by atoms with van der Waals surface area (Å²) in [6, 6.07) is 5.76. The number of methoxy groups -OCH3 is 1. The number of halogens is 4. The van der Waals surface area contributed by atoms with Gasteiger partial charge in [-0.15, -0.1) is 0 Å². The van der Waals surface area contributed by atoms with E-state index in [1.54, 1.807) is 12.1 Å². The predicted octanol–water partition coefficient (Wildman–Crippen LogP) is 5.48. The van der Waals surface area contributed by atoms with Crippen molar-refractivity contribution in [1.29, 1.82) is 0 Å². The summed E-state index contributed by atoms with van der Waals surface area (Å²) >= 11 is 18.5. The summed E-state index contributed by atoms with van der Waals surface area (Å²) < 4.78 is 6.47. The van der Waals surface area contributed by atoms with Gasteiger partial charge in [0.2, 0.25) is 0 Å². The Morgan fingerprint density at radius 1 is 1.08 bits per heavy atom. The highest BCUT2D eigenvalue weighted by atomic mass is 79.9. The molecule has 1 amide bonds. The molecule has 2 N–H and O–H groups in total. The lowest BCUT2D eigenvalue weighted by Gasteiger charge is -2.13. The van der Waals surface area contributed by atoms with E-state index in [4.69, 9.17) is 33.0 Å². The molecule has 0 aliphatic rings. The number of rotatable bonds is 4. The van der Waals surface area contributed by atoms with Crippen LogP contribution in [0.1, 0.15) is 20.7 Å². The minimum absolute atomic E-state index is 0.0201. The average molecular weight is 498 g/mol. The summed E-state index contributed by atoms with van der Waals surface area (Å²) in [6.45, 7) is 0. The fourth-order valence-electron chi connectivity index (χ4n) is 1.93. The fraction of sp³-hybridized carbons (Fsp3) is 0.0667. The topological polar surface area (TPSA) is 75.6 Å². The van der Waals surface area contributed by atoms with Crippen LogP contribution in [-0.4, -0.2) is 24.1 Å². The Labute approximate surface area is 164 Å². The second kappa shape index (κ2) is 7.74. The first-order valence-corrected chi connectivity index (χ1v) is 8.65. The predicted molar refractivity (Wildman–Crippen MR) is 99.8 cm³/mol. The van der Waals surface area contributed by atoms with Crippen LogP contribution in [0.15, 0.2) is 33.2 Å². The Bertz CT molecular complexity index is 843. The summed E-state index contributed by atoms with van der Waals surface area (Å²) in [6.07, 6.45) is 0. The Hall–Kier alpha value is -1.28. The van der Waals surface area contributed by atoms with E-state index in [-0.39, 0.29) is 26.9 Å². The van der Waals surface area contributed by atoms with E-state index >= 15 is 0 Å². The van der Waals surface area contributed by atoms with Crippen LogP contribution in [0, 0.1) is 0 Å². The molecule has 24 heavy (non-hydrogen) atoms. The van der Waals surface area contributed by atoms with Gasteiger partial charge in [-0.25, -0.2) is 4.79 Å². The number of carbonyl (C=O) groups excluding carboxylic acids is 1. The standard InChI is InChI=1S/C15H9Br2Cl2NO4/c1-24-13-8(2-6(16)3-9(13)17)14(21)20-12-4-7(15(22)23)10(18)5-11(12)19/h2-5H,1H3,(H,20,21)(H,22,23). The van der Waals surface area contributed by atoms with Gasteiger partial charge in [-0.1, -0.05) is 39.1 Å². The van der Waals surface area contributed by atoms with E-state index < -0.39 is 11.9 Å². The summed E-state index contributed by atoms with van der Waals surface area (Å²) in [5.74, 6) is -1.41. The van der Waals surface area contributed by atoms with Crippen molar-refractivity contribution >= 4 is 72.6 Å². The van der Waals surface area contributed by atoms with E-state index in [1.807, 2.05) is 0 Å². The molecule has 0 aliphatic heterocycles. The van der Waals surface area contributed by atoms with Crippen molar-refractivity contribution in [3.63, 3.8) is 0 Å². The molecule has 5 nitrogen and oxygen atoms in total. The molecule has 2 rings (SSSR count). The summed E-state index contributed by atoms with van der Waals surface area (Å²) in [4.78, 5) is 23.7. The number of benzene rings is 2. The van der Waals surface area contributed by atoms with E-state index in [1.165, 1.54) is 19.2 Å². The van der Waals surface area contributed by atoms with Gasteiger partial charge >= 0.3 is 5.97 Å². The Balaban J connectivity index is 2.44. The van der Waals surface area contributed by atoms with E-state index in [0.29, 0.717) is 14.7 Å². The molecule has 9 heteroatoms. The summed E-state index contributed by atoms with van der Waals surface area (Å²) in [7, 11) is 1.43. The van der Waals surface area contributed by atoms with Crippen molar-refractivity contribution in [2.45, 2.75) is 0 Å².